The number of hydrogen-bond acceptors (Lipinski definition) is 6. The molecule has 6 rings (SSSR count). The monoisotopic (exact) mass is 531 g/mol. The maximum absolute atomic E-state index is 13.6. The molecule has 0 bridgehead atoms. The Morgan fingerprint density at radius 1 is 1.05 bits per heavy atom. The number of hydrogen-bond donors (Lipinski definition) is 1. The second kappa shape index (κ2) is 10.5. The molecule has 0 radical (unpaired) electrons. The lowest BCUT2D eigenvalue weighted by Gasteiger charge is -2.40. The molecule has 3 heterocycles. The predicted molar refractivity (Wildman–Crippen MR) is 151 cm³/mol. The first-order chi connectivity index (χ1) is 18.5. The molecule has 9 heteroatoms. The number of fused-ring (bicyclic) bond motifs is 1. The van der Waals surface area contributed by atoms with Gasteiger partial charge < -0.3 is 9.88 Å². The van der Waals surface area contributed by atoms with E-state index in [2.05, 4.69) is 68.4 Å². The summed E-state index contributed by atoms with van der Waals surface area (Å²) in [4.78, 5) is 21.5. The van der Waals surface area contributed by atoms with Gasteiger partial charge in [-0.1, -0.05) is 43.5 Å². The van der Waals surface area contributed by atoms with Crippen LogP contribution in [0, 0.1) is 6.92 Å². The topological polar surface area (TPSA) is 82.9 Å². The summed E-state index contributed by atoms with van der Waals surface area (Å²) in [5.74, 6) is 0.765. The normalized spacial score (nSPS) is 17.9. The van der Waals surface area contributed by atoms with Crippen LogP contribution in [0.5, 0.6) is 0 Å². The number of piperazine rings is 1. The number of aromatic amines is 1. The van der Waals surface area contributed by atoms with Crippen LogP contribution in [0.4, 0.5) is 5.69 Å². The Kier molecular flexibility index (Phi) is 6.93. The number of rotatable bonds is 6. The SMILES string of the molecule is CCc1ccc2[nH]c(=O)c([C@H](c3nnnn3C3CCCC3)N3CCN(c4cc(Cl)ccc4C)CC3)cc2c1. The van der Waals surface area contributed by atoms with Crippen molar-refractivity contribution < 1.29 is 0 Å². The molecule has 1 aliphatic heterocycles. The van der Waals surface area contributed by atoms with E-state index in [0.29, 0.717) is 5.56 Å². The largest absolute Gasteiger partial charge is 0.369 e. The number of anilines is 1. The van der Waals surface area contributed by atoms with Crippen LogP contribution >= 0.6 is 11.6 Å². The van der Waals surface area contributed by atoms with Crippen molar-refractivity contribution in [3.63, 3.8) is 0 Å². The third-order valence-electron chi connectivity index (χ3n) is 8.26. The summed E-state index contributed by atoms with van der Waals surface area (Å²) < 4.78 is 2.00. The Morgan fingerprint density at radius 3 is 2.61 bits per heavy atom. The minimum absolute atomic E-state index is 0.0826. The zero-order valence-electron chi connectivity index (χ0n) is 22.0. The molecule has 0 amide bonds. The Morgan fingerprint density at radius 2 is 1.84 bits per heavy atom. The molecule has 0 spiro atoms. The van der Waals surface area contributed by atoms with Crippen molar-refractivity contribution in [3.8, 4) is 0 Å². The fourth-order valence-electron chi connectivity index (χ4n) is 6.13. The van der Waals surface area contributed by atoms with Crippen molar-refractivity contribution in [1.82, 2.24) is 30.1 Å². The molecule has 2 aromatic carbocycles. The number of pyridine rings is 1. The Labute approximate surface area is 227 Å². The van der Waals surface area contributed by atoms with E-state index in [4.69, 9.17) is 11.6 Å². The van der Waals surface area contributed by atoms with E-state index in [1.54, 1.807) is 0 Å². The van der Waals surface area contributed by atoms with E-state index >= 15 is 0 Å². The van der Waals surface area contributed by atoms with Gasteiger partial charge in [0.2, 0.25) is 0 Å². The van der Waals surface area contributed by atoms with Gasteiger partial charge >= 0.3 is 0 Å². The number of nitrogens with one attached hydrogen (secondary N) is 1. The lowest BCUT2D eigenvalue weighted by atomic mass is 10.0. The van der Waals surface area contributed by atoms with Crippen LogP contribution in [-0.4, -0.2) is 56.3 Å². The van der Waals surface area contributed by atoms with Crippen LogP contribution in [-0.2, 0) is 6.42 Å². The van der Waals surface area contributed by atoms with E-state index in [1.165, 1.54) is 29.7 Å². The van der Waals surface area contributed by atoms with Crippen molar-refractivity contribution in [2.75, 3.05) is 31.1 Å². The molecule has 1 N–H and O–H groups in total. The first-order valence-corrected chi connectivity index (χ1v) is 14.1. The molecule has 1 atom stereocenters. The van der Waals surface area contributed by atoms with Crippen molar-refractivity contribution in [2.24, 2.45) is 0 Å². The van der Waals surface area contributed by atoms with Gasteiger partial charge in [0.1, 0.15) is 6.04 Å². The van der Waals surface area contributed by atoms with Crippen LogP contribution in [0.1, 0.15) is 67.2 Å². The molecule has 2 aliphatic rings. The fourth-order valence-corrected chi connectivity index (χ4v) is 6.30. The van der Waals surface area contributed by atoms with E-state index < -0.39 is 0 Å². The third kappa shape index (κ3) is 4.71. The Balaban J connectivity index is 1.39. The fraction of sp³-hybridized carbons (Fsp3) is 0.448. The maximum atomic E-state index is 13.6. The van der Waals surface area contributed by atoms with Crippen molar-refractivity contribution in [3.05, 3.63) is 80.4 Å². The summed E-state index contributed by atoms with van der Waals surface area (Å²) >= 11 is 6.33. The van der Waals surface area contributed by atoms with Crippen LogP contribution in [0.2, 0.25) is 5.02 Å². The molecule has 8 nitrogen and oxygen atoms in total. The molecule has 2 aromatic heterocycles. The molecule has 2 fully saturated rings. The highest BCUT2D eigenvalue weighted by Gasteiger charge is 2.35. The standard InChI is InChI=1S/C29H34ClN7O/c1-3-20-9-11-25-21(16-20)17-24(29(38)31-25)27(28-32-33-34-37(28)23-6-4-5-7-23)36-14-12-35(13-15-36)26-18-22(30)10-8-19(26)2/h8-11,16-18,23,27H,3-7,12-15H2,1-2H3,(H,31,38)/t27-/m1/s1. The number of tetrazole rings is 1. The average molecular weight is 532 g/mol. The molecule has 0 unspecified atom stereocenters. The zero-order valence-corrected chi connectivity index (χ0v) is 22.8. The molecule has 1 aliphatic carbocycles. The lowest BCUT2D eigenvalue weighted by molar-refractivity contribution is 0.197. The van der Waals surface area contributed by atoms with Crippen LogP contribution in [0.25, 0.3) is 10.9 Å². The van der Waals surface area contributed by atoms with Gasteiger partial charge in [0.15, 0.2) is 5.82 Å². The predicted octanol–water partition coefficient (Wildman–Crippen LogP) is 5.07. The van der Waals surface area contributed by atoms with E-state index in [1.807, 2.05) is 22.9 Å². The quantitative estimate of drug-likeness (QED) is 0.374. The Hall–Kier alpha value is -3.23. The van der Waals surface area contributed by atoms with Gasteiger partial charge in [-0.2, -0.15) is 0 Å². The van der Waals surface area contributed by atoms with Gasteiger partial charge in [-0.25, -0.2) is 4.68 Å². The molecule has 4 aromatic rings. The highest BCUT2D eigenvalue weighted by molar-refractivity contribution is 6.30. The molecule has 1 saturated heterocycles. The molecule has 38 heavy (non-hydrogen) atoms. The lowest BCUT2D eigenvalue weighted by Crippen LogP contribution is -2.49. The summed E-state index contributed by atoms with van der Waals surface area (Å²) in [6, 6.07) is 14.3. The minimum Gasteiger partial charge on any atom is -0.369 e. The van der Waals surface area contributed by atoms with E-state index in [0.717, 1.165) is 67.2 Å². The number of aryl methyl sites for hydroxylation is 2. The number of nitrogens with zero attached hydrogens (tertiary/aromatic N) is 6. The number of H-pyrrole nitrogens is 1. The van der Waals surface area contributed by atoms with Crippen molar-refractivity contribution in [2.45, 2.75) is 58.0 Å². The summed E-state index contributed by atoms with van der Waals surface area (Å²) in [7, 11) is 0. The smallest absolute Gasteiger partial charge is 0.253 e. The Bertz CT molecular complexity index is 1500. The second-order valence-electron chi connectivity index (χ2n) is 10.6. The van der Waals surface area contributed by atoms with Gasteiger partial charge in [-0.3, -0.25) is 9.69 Å². The van der Waals surface area contributed by atoms with Gasteiger partial charge in [0.05, 0.1) is 6.04 Å². The summed E-state index contributed by atoms with van der Waals surface area (Å²) in [5, 5.41) is 14.9. The van der Waals surface area contributed by atoms with Crippen LogP contribution < -0.4 is 10.5 Å². The highest BCUT2D eigenvalue weighted by atomic mass is 35.5. The second-order valence-corrected chi connectivity index (χ2v) is 11.0. The average Bonchev–Trinajstić information content (AvgIpc) is 3.63. The molecular formula is C29H34ClN7O. The number of halogens is 1. The van der Waals surface area contributed by atoms with Crippen molar-refractivity contribution in [1.29, 1.82) is 0 Å². The first-order valence-electron chi connectivity index (χ1n) is 13.7. The van der Waals surface area contributed by atoms with Gasteiger partial charge in [-0.15, -0.1) is 5.10 Å². The third-order valence-corrected chi connectivity index (χ3v) is 8.50. The summed E-state index contributed by atoms with van der Waals surface area (Å²) in [5.41, 5.74) is 5.09. The number of aromatic nitrogens is 5. The molecule has 198 valence electrons. The van der Waals surface area contributed by atoms with E-state index in [-0.39, 0.29) is 17.6 Å². The zero-order chi connectivity index (χ0) is 26.2. The number of benzene rings is 2. The van der Waals surface area contributed by atoms with Crippen LogP contribution in [0.3, 0.4) is 0 Å². The maximum Gasteiger partial charge on any atom is 0.253 e. The van der Waals surface area contributed by atoms with E-state index in [9.17, 15) is 4.79 Å². The van der Waals surface area contributed by atoms with Gasteiger partial charge in [0, 0.05) is 48.0 Å². The van der Waals surface area contributed by atoms with Gasteiger partial charge in [-0.05, 0) is 83.5 Å². The van der Waals surface area contributed by atoms with Crippen LogP contribution in [0.15, 0.2) is 47.3 Å². The molecular weight excluding hydrogens is 498 g/mol. The molecule has 1 saturated carbocycles. The van der Waals surface area contributed by atoms with Gasteiger partial charge in [0.25, 0.3) is 5.56 Å². The summed E-state index contributed by atoms with van der Waals surface area (Å²) in [6.07, 6.45) is 5.45. The minimum atomic E-state index is -0.327. The first kappa shape index (κ1) is 25.1. The van der Waals surface area contributed by atoms with Crippen molar-refractivity contribution >= 4 is 28.2 Å². The summed E-state index contributed by atoms with van der Waals surface area (Å²) in [6.45, 7) is 7.48. The highest BCUT2D eigenvalue weighted by Crippen LogP contribution is 2.35.